The first-order valence-electron chi connectivity index (χ1n) is 20.3. The first kappa shape index (κ1) is 42.0. The van der Waals surface area contributed by atoms with Gasteiger partial charge in [-0.2, -0.15) is 0 Å². The quantitative estimate of drug-likeness (QED) is 0.0655. The van der Waals surface area contributed by atoms with E-state index < -0.39 is 0 Å². The van der Waals surface area contributed by atoms with Crippen LogP contribution in [0.25, 0.3) is 0 Å². The molecule has 0 amide bonds. The molecule has 0 atom stereocenters. The lowest BCUT2D eigenvalue weighted by Gasteiger charge is -2.22. The summed E-state index contributed by atoms with van der Waals surface area (Å²) < 4.78 is 0. The normalized spacial score (nSPS) is 12.0. The minimum Gasteiger partial charge on any atom is -0.303 e. The molecule has 0 bridgehead atoms. The van der Waals surface area contributed by atoms with Crippen LogP contribution in [-0.4, -0.2) is 24.5 Å². The number of rotatable bonds is 36. The number of hydrogen-bond donors (Lipinski definition) is 0. The third-order valence-electron chi connectivity index (χ3n) is 9.59. The van der Waals surface area contributed by atoms with Gasteiger partial charge in [-0.05, 0) is 50.7 Å². The molecule has 0 spiro atoms. The molecule has 0 rings (SSSR count). The standard InChI is InChI=1S/C41H85N/c1-6-7-8-9-10-17-22-27-32-37-42(38-33-28-23-18-13-11-15-20-25-30-35-40(2)3)39-34-29-24-19-14-12-16-21-26-31-36-41(4)5/h40-41H,6-39H2,1-5H3. The molecule has 254 valence electrons. The second-order valence-electron chi connectivity index (χ2n) is 15.1. The summed E-state index contributed by atoms with van der Waals surface area (Å²) in [4.78, 5) is 2.86. The van der Waals surface area contributed by atoms with Crippen molar-refractivity contribution in [3.63, 3.8) is 0 Å². The average Bonchev–Trinajstić information content (AvgIpc) is 2.96. The second kappa shape index (κ2) is 35.4. The average molecular weight is 592 g/mol. The van der Waals surface area contributed by atoms with E-state index in [1.54, 1.807) is 0 Å². The molecule has 0 aliphatic rings. The Bertz CT molecular complexity index is 437. The van der Waals surface area contributed by atoms with Crippen molar-refractivity contribution in [3.05, 3.63) is 0 Å². The van der Waals surface area contributed by atoms with Gasteiger partial charge in [0.05, 0.1) is 0 Å². The van der Waals surface area contributed by atoms with E-state index in [0.717, 1.165) is 11.8 Å². The molecule has 0 saturated carbocycles. The monoisotopic (exact) mass is 592 g/mol. The smallest absolute Gasteiger partial charge is 0.00187 e. The molecule has 0 aromatic rings. The lowest BCUT2D eigenvalue weighted by Crippen LogP contribution is -2.27. The van der Waals surface area contributed by atoms with Gasteiger partial charge in [0.25, 0.3) is 0 Å². The minimum absolute atomic E-state index is 0.889. The highest BCUT2D eigenvalue weighted by molar-refractivity contribution is 4.61. The Morgan fingerprint density at radius 2 is 0.500 bits per heavy atom. The Kier molecular flexibility index (Phi) is 35.4. The zero-order chi connectivity index (χ0) is 30.8. The van der Waals surface area contributed by atoms with Gasteiger partial charge in [0.15, 0.2) is 0 Å². The van der Waals surface area contributed by atoms with E-state index in [0.29, 0.717) is 0 Å². The fourth-order valence-corrected chi connectivity index (χ4v) is 6.59. The Labute approximate surface area is 269 Å². The van der Waals surface area contributed by atoms with Crippen LogP contribution in [0.5, 0.6) is 0 Å². The van der Waals surface area contributed by atoms with Gasteiger partial charge in [-0.15, -0.1) is 0 Å². The fourth-order valence-electron chi connectivity index (χ4n) is 6.59. The second-order valence-corrected chi connectivity index (χ2v) is 15.1. The molecule has 0 aliphatic heterocycles. The summed E-state index contributed by atoms with van der Waals surface area (Å²) in [7, 11) is 0. The van der Waals surface area contributed by atoms with Crippen LogP contribution in [0.15, 0.2) is 0 Å². The SMILES string of the molecule is CCCCCCCCCCCN(CCCCCCCCCCCCC(C)C)CCCCCCCCCCCCC(C)C. The van der Waals surface area contributed by atoms with Gasteiger partial charge < -0.3 is 4.90 Å². The Balaban J connectivity index is 3.89. The third-order valence-corrected chi connectivity index (χ3v) is 9.59. The topological polar surface area (TPSA) is 3.24 Å². The van der Waals surface area contributed by atoms with E-state index in [4.69, 9.17) is 0 Å². The zero-order valence-electron chi connectivity index (χ0n) is 30.6. The van der Waals surface area contributed by atoms with Gasteiger partial charge in [0.1, 0.15) is 0 Å². The Hall–Kier alpha value is -0.0400. The number of hydrogen-bond acceptors (Lipinski definition) is 1. The van der Waals surface area contributed by atoms with E-state index in [9.17, 15) is 0 Å². The largest absolute Gasteiger partial charge is 0.303 e. The molecule has 0 aromatic heterocycles. The van der Waals surface area contributed by atoms with Crippen LogP contribution in [0, 0.1) is 11.8 Å². The molecule has 0 N–H and O–H groups in total. The molecule has 0 saturated heterocycles. The van der Waals surface area contributed by atoms with E-state index in [1.165, 1.54) is 219 Å². The highest BCUT2D eigenvalue weighted by Gasteiger charge is 2.05. The zero-order valence-corrected chi connectivity index (χ0v) is 30.6. The van der Waals surface area contributed by atoms with Crippen molar-refractivity contribution in [2.45, 2.75) is 234 Å². The van der Waals surface area contributed by atoms with Crippen molar-refractivity contribution in [3.8, 4) is 0 Å². The van der Waals surface area contributed by atoms with E-state index in [1.807, 2.05) is 0 Å². The summed E-state index contributed by atoms with van der Waals surface area (Å²) in [5, 5.41) is 0. The van der Waals surface area contributed by atoms with Crippen molar-refractivity contribution >= 4 is 0 Å². The molecule has 0 aliphatic carbocycles. The predicted molar refractivity (Wildman–Crippen MR) is 195 cm³/mol. The predicted octanol–water partition coefficient (Wildman–Crippen LogP) is 14.7. The lowest BCUT2D eigenvalue weighted by molar-refractivity contribution is 0.254. The summed E-state index contributed by atoms with van der Waals surface area (Å²) in [6, 6.07) is 0. The van der Waals surface area contributed by atoms with E-state index in [-0.39, 0.29) is 0 Å². The van der Waals surface area contributed by atoms with E-state index >= 15 is 0 Å². The van der Waals surface area contributed by atoms with Crippen LogP contribution in [0.4, 0.5) is 0 Å². The molecule has 0 radical (unpaired) electrons. The van der Waals surface area contributed by atoms with Crippen molar-refractivity contribution in [1.82, 2.24) is 4.90 Å². The molecule has 0 aromatic carbocycles. The summed E-state index contributed by atoms with van der Waals surface area (Å²) in [5.41, 5.74) is 0. The van der Waals surface area contributed by atoms with Crippen LogP contribution < -0.4 is 0 Å². The highest BCUT2D eigenvalue weighted by atomic mass is 15.1. The first-order chi connectivity index (χ1) is 20.6. The summed E-state index contributed by atoms with van der Waals surface area (Å²) >= 11 is 0. The summed E-state index contributed by atoms with van der Waals surface area (Å²) in [6.07, 6.45) is 45.2. The third kappa shape index (κ3) is 36.2. The van der Waals surface area contributed by atoms with Crippen molar-refractivity contribution in [1.29, 1.82) is 0 Å². The van der Waals surface area contributed by atoms with Crippen LogP contribution in [0.3, 0.4) is 0 Å². The molecule has 0 unspecified atom stereocenters. The number of unbranched alkanes of at least 4 members (excludes halogenated alkanes) is 26. The Morgan fingerprint density at radius 3 is 0.738 bits per heavy atom. The van der Waals surface area contributed by atoms with Crippen LogP contribution in [0.2, 0.25) is 0 Å². The summed E-state index contributed by atoms with van der Waals surface area (Å²) in [5.74, 6) is 1.78. The maximum Gasteiger partial charge on any atom is -0.00187 e. The van der Waals surface area contributed by atoms with Gasteiger partial charge in [0.2, 0.25) is 0 Å². The molecular formula is C41H85N. The molecule has 1 nitrogen and oxygen atoms in total. The molecule has 0 heterocycles. The van der Waals surface area contributed by atoms with Gasteiger partial charge in [-0.25, -0.2) is 0 Å². The molecule has 42 heavy (non-hydrogen) atoms. The molecule has 1 heteroatoms. The number of nitrogens with zero attached hydrogens (tertiary/aromatic N) is 1. The van der Waals surface area contributed by atoms with Crippen molar-refractivity contribution in [2.75, 3.05) is 19.6 Å². The lowest BCUT2D eigenvalue weighted by atomic mass is 10.0. The van der Waals surface area contributed by atoms with E-state index in [2.05, 4.69) is 39.5 Å². The van der Waals surface area contributed by atoms with Crippen molar-refractivity contribution < 1.29 is 0 Å². The highest BCUT2D eigenvalue weighted by Crippen LogP contribution is 2.16. The maximum atomic E-state index is 2.86. The molecular weight excluding hydrogens is 506 g/mol. The molecule has 0 fully saturated rings. The van der Waals surface area contributed by atoms with Crippen LogP contribution >= 0.6 is 0 Å². The maximum absolute atomic E-state index is 2.86. The summed E-state index contributed by atoms with van der Waals surface area (Å²) in [6.45, 7) is 15.8. The minimum atomic E-state index is 0.889. The van der Waals surface area contributed by atoms with Gasteiger partial charge in [-0.3, -0.25) is 0 Å². The Morgan fingerprint density at radius 1 is 0.286 bits per heavy atom. The fraction of sp³-hybridized carbons (Fsp3) is 1.00. The van der Waals surface area contributed by atoms with Gasteiger partial charge >= 0.3 is 0 Å². The van der Waals surface area contributed by atoms with Gasteiger partial charge in [0, 0.05) is 0 Å². The van der Waals surface area contributed by atoms with Crippen LogP contribution in [-0.2, 0) is 0 Å². The first-order valence-corrected chi connectivity index (χ1v) is 20.3. The van der Waals surface area contributed by atoms with Crippen LogP contribution in [0.1, 0.15) is 234 Å². The van der Waals surface area contributed by atoms with Crippen molar-refractivity contribution in [2.24, 2.45) is 11.8 Å². The van der Waals surface area contributed by atoms with Gasteiger partial charge in [-0.1, -0.05) is 214 Å².